The lowest BCUT2D eigenvalue weighted by Gasteiger charge is -2.27. The molecule has 0 aliphatic heterocycles. The molecule has 28 heavy (non-hydrogen) atoms. The van der Waals surface area contributed by atoms with Gasteiger partial charge in [0.2, 0.25) is 5.95 Å². The van der Waals surface area contributed by atoms with Crippen molar-refractivity contribution in [2.24, 2.45) is 5.41 Å². The Bertz CT molecular complexity index is 1150. The van der Waals surface area contributed by atoms with E-state index in [0.717, 1.165) is 28.8 Å². The second-order valence-corrected chi connectivity index (χ2v) is 8.14. The summed E-state index contributed by atoms with van der Waals surface area (Å²) in [6.07, 6.45) is 1.23. The van der Waals surface area contributed by atoms with Gasteiger partial charge >= 0.3 is 0 Å². The van der Waals surface area contributed by atoms with Gasteiger partial charge in [-0.3, -0.25) is 4.79 Å². The number of furan rings is 1. The average Bonchev–Trinajstić information content (AvgIpc) is 3.22. The number of carbonyl (C=O) groups excluding carboxylic acids is 1. The van der Waals surface area contributed by atoms with Gasteiger partial charge in [0, 0.05) is 18.4 Å². The molecule has 5 nitrogen and oxygen atoms in total. The molecular formula is C23H21N3O2. The van der Waals surface area contributed by atoms with E-state index in [0.29, 0.717) is 29.4 Å². The first kappa shape index (κ1) is 16.8. The maximum Gasteiger partial charge on any atom is 0.205 e. The van der Waals surface area contributed by atoms with E-state index >= 15 is 0 Å². The third kappa shape index (κ3) is 2.80. The van der Waals surface area contributed by atoms with Crippen LogP contribution in [0.3, 0.4) is 0 Å². The van der Waals surface area contributed by atoms with E-state index in [1.807, 2.05) is 54.6 Å². The lowest BCUT2D eigenvalue weighted by molar-refractivity contribution is 0.0905. The first-order valence-electron chi connectivity index (χ1n) is 9.46. The Morgan fingerprint density at radius 3 is 2.57 bits per heavy atom. The molecule has 0 bridgehead atoms. The fraction of sp³-hybridized carbons (Fsp3) is 0.217. The summed E-state index contributed by atoms with van der Waals surface area (Å²) in [7, 11) is 0. The quantitative estimate of drug-likeness (QED) is 0.483. The number of hydrogen-bond donors (Lipinski definition) is 2. The van der Waals surface area contributed by atoms with Crippen LogP contribution < -0.4 is 5.32 Å². The number of fused-ring (bicyclic) bond motifs is 2. The highest BCUT2D eigenvalue weighted by atomic mass is 16.3. The van der Waals surface area contributed by atoms with Gasteiger partial charge in [-0.25, -0.2) is 4.98 Å². The highest BCUT2D eigenvalue weighted by molar-refractivity contribution is 6.07. The molecule has 0 radical (unpaired) electrons. The lowest BCUT2D eigenvalue weighted by Crippen LogP contribution is -2.26. The number of carbonyl (C=O) groups is 1. The highest BCUT2D eigenvalue weighted by Crippen LogP contribution is 2.45. The molecule has 0 fully saturated rings. The molecule has 0 spiro atoms. The summed E-state index contributed by atoms with van der Waals surface area (Å²) in [5.41, 5.74) is 3.99. The molecule has 5 rings (SSSR count). The average molecular weight is 371 g/mol. The maximum absolute atomic E-state index is 13.0. The molecule has 4 aromatic rings. The number of hydrogen-bond acceptors (Lipinski definition) is 4. The van der Waals surface area contributed by atoms with Crippen molar-refractivity contribution in [2.75, 3.05) is 5.32 Å². The van der Waals surface area contributed by atoms with Crippen LogP contribution in [-0.2, 0) is 6.42 Å². The molecule has 0 unspecified atom stereocenters. The second kappa shape index (κ2) is 6.09. The van der Waals surface area contributed by atoms with E-state index < -0.39 is 0 Å². The van der Waals surface area contributed by atoms with Crippen LogP contribution in [0.1, 0.15) is 36.4 Å². The van der Waals surface area contributed by atoms with Crippen LogP contribution in [-0.4, -0.2) is 15.8 Å². The Hall–Kier alpha value is -3.34. The van der Waals surface area contributed by atoms with Crippen molar-refractivity contribution < 1.29 is 9.21 Å². The number of para-hydroxylation sites is 2. The van der Waals surface area contributed by atoms with E-state index in [-0.39, 0.29) is 11.2 Å². The van der Waals surface area contributed by atoms with Gasteiger partial charge in [-0.2, -0.15) is 0 Å². The number of anilines is 2. The number of aromatic amines is 1. The highest BCUT2D eigenvalue weighted by Gasteiger charge is 2.37. The molecule has 140 valence electrons. The minimum Gasteiger partial charge on any atom is -0.458 e. The summed E-state index contributed by atoms with van der Waals surface area (Å²) >= 11 is 0. The number of nitrogens with one attached hydrogen (secondary N) is 2. The van der Waals surface area contributed by atoms with Crippen LogP contribution in [0.2, 0.25) is 0 Å². The molecule has 0 atom stereocenters. The molecule has 2 heterocycles. The maximum atomic E-state index is 13.0. The summed E-state index contributed by atoms with van der Waals surface area (Å²) in [6.45, 7) is 4.20. The summed E-state index contributed by atoms with van der Waals surface area (Å²) < 4.78 is 6.25. The van der Waals surface area contributed by atoms with Gasteiger partial charge in [-0.15, -0.1) is 0 Å². The van der Waals surface area contributed by atoms with Crippen molar-refractivity contribution in [3.05, 3.63) is 65.9 Å². The zero-order valence-corrected chi connectivity index (χ0v) is 15.9. The standard InChI is InChI=1S/C23H21N3O2/c1-23(2)12-17(27)19-18(13-23)28-21(14-8-4-3-5-9-14)20(19)26-22-24-15-10-6-7-11-16(15)25-22/h3-11H,12-13H2,1-2H3,(H2,24,25,26). The van der Waals surface area contributed by atoms with Crippen LogP contribution in [0, 0.1) is 5.41 Å². The zero-order valence-electron chi connectivity index (χ0n) is 15.9. The van der Waals surface area contributed by atoms with Gasteiger partial charge in [-0.05, 0) is 17.5 Å². The number of nitrogens with zero attached hydrogens (tertiary/aromatic N) is 1. The number of Topliss-reactive ketones (excluding diaryl/α,β-unsaturated/α-hetero) is 1. The second-order valence-electron chi connectivity index (χ2n) is 8.14. The van der Waals surface area contributed by atoms with E-state index in [1.54, 1.807) is 0 Å². The number of benzene rings is 2. The minimum absolute atomic E-state index is 0.105. The summed E-state index contributed by atoms with van der Waals surface area (Å²) in [5.74, 6) is 2.13. The third-order valence-electron chi connectivity index (χ3n) is 5.21. The monoisotopic (exact) mass is 371 g/mol. The van der Waals surface area contributed by atoms with E-state index in [2.05, 4.69) is 29.1 Å². The molecule has 1 aliphatic rings. The molecule has 0 saturated carbocycles. The fourth-order valence-electron chi connectivity index (χ4n) is 3.96. The SMILES string of the molecule is CC1(C)CC(=O)c2c(oc(-c3ccccc3)c2Nc2nc3ccccc3[nH]2)C1. The first-order valence-corrected chi connectivity index (χ1v) is 9.46. The van der Waals surface area contributed by atoms with Crippen molar-refractivity contribution in [1.29, 1.82) is 0 Å². The number of ketones is 1. The van der Waals surface area contributed by atoms with Gasteiger partial charge < -0.3 is 14.7 Å². The van der Waals surface area contributed by atoms with Gasteiger partial charge in [0.15, 0.2) is 11.5 Å². The molecule has 5 heteroatoms. The molecule has 0 saturated heterocycles. The molecule has 0 amide bonds. The van der Waals surface area contributed by atoms with Crippen molar-refractivity contribution in [3.8, 4) is 11.3 Å². The number of imidazole rings is 1. The summed E-state index contributed by atoms with van der Waals surface area (Å²) in [4.78, 5) is 20.9. The Kier molecular flexibility index (Phi) is 3.66. The van der Waals surface area contributed by atoms with Crippen LogP contribution in [0.5, 0.6) is 0 Å². The Morgan fingerprint density at radius 2 is 1.79 bits per heavy atom. The summed E-state index contributed by atoms with van der Waals surface area (Å²) in [5, 5.41) is 3.35. The van der Waals surface area contributed by atoms with E-state index in [9.17, 15) is 4.79 Å². The Labute approximate surface area is 162 Å². The third-order valence-corrected chi connectivity index (χ3v) is 5.21. The predicted molar refractivity (Wildman–Crippen MR) is 110 cm³/mol. The number of rotatable bonds is 3. The zero-order chi connectivity index (χ0) is 19.3. The molecule has 2 N–H and O–H groups in total. The van der Waals surface area contributed by atoms with Crippen molar-refractivity contribution in [2.45, 2.75) is 26.7 Å². The van der Waals surface area contributed by atoms with Crippen LogP contribution >= 0.6 is 0 Å². The lowest BCUT2D eigenvalue weighted by atomic mass is 9.76. The molecule has 1 aliphatic carbocycles. The molecular weight excluding hydrogens is 350 g/mol. The van der Waals surface area contributed by atoms with Crippen molar-refractivity contribution in [1.82, 2.24) is 9.97 Å². The molecule has 2 aromatic carbocycles. The van der Waals surface area contributed by atoms with Crippen LogP contribution in [0.4, 0.5) is 11.6 Å². The fourth-order valence-corrected chi connectivity index (χ4v) is 3.96. The largest absolute Gasteiger partial charge is 0.458 e. The minimum atomic E-state index is -0.105. The normalized spacial score (nSPS) is 15.6. The smallest absolute Gasteiger partial charge is 0.205 e. The van der Waals surface area contributed by atoms with Crippen LogP contribution in [0.25, 0.3) is 22.4 Å². The first-order chi connectivity index (χ1) is 13.5. The van der Waals surface area contributed by atoms with Crippen LogP contribution in [0.15, 0.2) is 59.0 Å². The van der Waals surface area contributed by atoms with Crippen molar-refractivity contribution >= 4 is 28.5 Å². The van der Waals surface area contributed by atoms with Crippen molar-refractivity contribution in [3.63, 3.8) is 0 Å². The summed E-state index contributed by atoms with van der Waals surface area (Å²) in [6, 6.07) is 17.7. The van der Waals surface area contributed by atoms with E-state index in [4.69, 9.17) is 4.42 Å². The number of H-pyrrole nitrogens is 1. The van der Waals surface area contributed by atoms with Gasteiger partial charge in [0.25, 0.3) is 0 Å². The van der Waals surface area contributed by atoms with E-state index in [1.165, 1.54) is 0 Å². The van der Waals surface area contributed by atoms with Gasteiger partial charge in [-0.1, -0.05) is 56.3 Å². The molecule has 2 aromatic heterocycles. The topological polar surface area (TPSA) is 70.9 Å². The van der Waals surface area contributed by atoms with Gasteiger partial charge in [0.05, 0.1) is 22.3 Å². The van der Waals surface area contributed by atoms with Gasteiger partial charge in [0.1, 0.15) is 5.76 Å². The predicted octanol–water partition coefficient (Wildman–Crippen LogP) is 5.72. The number of aromatic nitrogens is 2. The Morgan fingerprint density at radius 1 is 1.04 bits per heavy atom. The Balaban J connectivity index is 1.66.